The van der Waals surface area contributed by atoms with Crippen LogP contribution in [0.4, 0.5) is 0 Å². The second kappa shape index (κ2) is 23.8. The molecule has 176 valence electrons. The van der Waals surface area contributed by atoms with Crippen molar-refractivity contribution in [3.05, 3.63) is 0 Å². The molecule has 0 heterocycles. The van der Waals surface area contributed by atoms with Crippen molar-refractivity contribution in [1.82, 2.24) is 0 Å². The molecule has 0 unspecified atom stereocenters. The fourth-order valence-corrected chi connectivity index (χ4v) is 3.99. The Hall–Kier alpha value is 0.500. The van der Waals surface area contributed by atoms with Crippen molar-refractivity contribution < 1.29 is 33.8 Å². The van der Waals surface area contributed by atoms with E-state index in [1.165, 1.54) is 113 Å². The molecule has 0 rings (SSSR count). The number of nitrogens with zero attached hydrogens (tertiary/aromatic N) is 2. The Balaban J connectivity index is -0.000000225. The van der Waals surface area contributed by atoms with Crippen molar-refractivity contribution in [2.45, 2.75) is 107 Å². The molecule has 0 N–H and O–H groups in total. The highest BCUT2D eigenvalue weighted by Crippen LogP contribution is 2.16. The summed E-state index contributed by atoms with van der Waals surface area (Å²) in [6.07, 6.45) is 11.1. The first-order valence-electron chi connectivity index (χ1n) is 12.2. The molecule has 2 nitrogen and oxygen atoms in total. The second-order valence-electron chi connectivity index (χ2n) is 8.26. The third-order valence-corrected chi connectivity index (χ3v) is 6.63. The van der Waals surface area contributed by atoms with Gasteiger partial charge in [-0.2, -0.15) is 0 Å². The van der Waals surface area contributed by atoms with Gasteiger partial charge in [-0.1, -0.05) is 53.4 Å². The van der Waals surface area contributed by atoms with E-state index in [1.807, 2.05) is 0 Å². The van der Waals surface area contributed by atoms with E-state index in [4.69, 9.17) is 0 Å². The summed E-state index contributed by atoms with van der Waals surface area (Å²) in [5, 5.41) is 0. The van der Waals surface area contributed by atoms with E-state index < -0.39 is 0 Å². The van der Waals surface area contributed by atoms with Gasteiger partial charge in [0.25, 0.3) is 0 Å². The van der Waals surface area contributed by atoms with Crippen LogP contribution in [0.15, 0.2) is 0 Å². The van der Waals surface area contributed by atoms with E-state index in [2.05, 4.69) is 55.4 Å². The van der Waals surface area contributed by atoms with Crippen LogP contribution >= 0.6 is 0 Å². The molecule has 0 saturated carbocycles. The normalized spacial score (nSPS) is 11.1. The minimum Gasteiger partial charge on any atom is -1.00 e. The Kier molecular flexibility index (Phi) is 30.5. The molecule has 0 aliphatic heterocycles. The van der Waals surface area contributed by atoms with E-state index in [1.54, 1.807) is 0 Å². The van der Waals surface area contributed by atoms with E-state index in [9.17, 15) is 0 Å². The average molecular weight is 444 g/mol. The van der Waals surface area contributed by atoms with Crippen molar-refractivity contribution in [1.29, 1.82) is 0 Å². The maximum atomic E-state index is 2.33. The summed E-state index contributed by atoms with van der Waals surface area (Å²) in [7, 11) is 0. The summed E-state index contributed by atoms with van der Waals surface area (Å²) >= 11 is 0. The molecule has 0 aliphatic rings. The third-order valence-electron chi connectivity index (χ3n) is 6.63. The highest BCUT2D eigenvalue weighted by molar-refractivity contribution is 4.49. The van der Waals surface area contributed by atoms with Gasteiger partial charge in [0.05, 0.1) is 52.4 Å². The quantitative estimate of drug-likeness (QED) is 0.311. The first-order valence-corrected chi connectivity index (χ1v) is 12.2. The number of halogens is 2. The molecule has 4 heteroatoms. The Morgan fingerprint density at radius 1 is 0.357 bits per heavy atom. The van der Waals surface area contributed by atoms with Gasteiger partial charge in [-0.25, -0.2) is 0 Å². The van der Waals surface area contributed by atoms with Crippen molar-refractivity contribution >= 4 is 0 Å². The van der Waals surface area contributed by atoms with E-state index in [0.29, 0.717) is 0 Å². The maximum absolute atomic E-state index is 2.33. The van der Waals surface area contributed by atoms with Gasteiger partial charge in [0.2, 0.25) is 0 Å². The standard InChI is InChI=1S/C16H36N.C8H20N.2ClH/c1-5-9-13-17(14-10-6-2,15-11-7-3)16-12-8-4;1-5-9(6-2,7-3)8-4;;/h5-16H2,1-4H3;5-8H2,1-4H3;2*1H/q2*+1;;/p-2. The first kappa shape index (κ1) is 35.9. The fourth-order valence-electron chi connectivity index (χ4n) is 3.99. The Bertz CT molecular complexity index is 227. The molecule has 0 radical (unpaired) electrons. The van der Waals surface area contributed by atoms with Crippen LogP contribution in [0.3, 0.4) is 0 Å². The van der Waals surface area contributed by atoms with Crippen LogP contribution in [0, 0.1) is 0 Å². The molecule has 0 fully saturated rings. The summed E-state index contributed by atoms with van der Waals surface area (Å²) in [5.74, 6) is 0. The maximum Gasteiger partial charge on any atom is 0.0786 e. The van der Waals surface area contributed by atoms with E-state index >= 15 is 0 Å². The van der Waals surface area contributed by atoms with Gasteiger partial charge in [-0.05, 0) is 53.4 Å². The molecule has 0 aliphatic carbocycles. The zero-order valence-electron chi connectivity index (χ0n) is 21.0. The van der Waals surface area contributed by atoms with Gasteiger partial charge in [-0.3, -0.25) is 0 Å². The molecular weight excluding hydrogens is 387 g/mol. The summed E-state index contributed by atoms with van der Waals surface area (Å²) in [6.45, 7) is 29.2. The van der Waals surface area contributed by atoms with Gasteiger partial charge in [0, 0.05) is 0 Å². The summed E-state index contributed by atoms with van der Waals surface area (Å²) in [5.41, 5.74) is 0. The minimum atomic E-state index is 0. The van der Waals surface area contributed by atoms with Crippen molar-refractivity contribution in [3.63, 3.8) is 0 Å². The molecule has 0 atom stereocenters. The molecule has 28 heavy (non-hydrogen) atoms. The van der Waals surface area contributed by atoms with Crippen LogP contribution in [0.5, 0.6) is 0 Å². The smallest absolute Gasteiger partial charge is 0.0786 e. The Morgan fingerprint density at radius 2 is 0.571 bits per heavy atom. The minimum absolute atomic E-state index is 0. The number of quaternary nitrogens is 2. The lowest BCUT2D eigenvalue weighted by molar-refractivity contribution is -0.929. The zero-order valence-corrected chi connectivity index (χ0v) is 22.5. The molecule has 0 spiro atoms. The SMILES string of the molecule is CCCC[N+](CCCC)(CCCC)CCCC.CC[N+](CC)(CC)CC.[Cl-].[Cl-]. The lowest BCUT2D eigenvalue weighted by Crippen LogP contribution is -3.00. The van der Waals surface area contributed by atoms with E-state index in [-0.39, 0.29) is 24.8 Å². The number of rotatable bonds is 16. The molecule has 0 aromatic heterocycles. The third kappa shape index (κ3) is 16.3. The summed E-state index contributed by atoms with van der Waals surface area (Å²) in [4.78, 5) is 0. The first-order chi connectivity index (χ1) is 12.5. The molecule has 0 aromatic carbocycles. The lowest BCUT2D eigenvalue weighted by Gasteiger charge is -2.39. The molecule has 0 saturated heterocycles. The number of hydrogen-bond acceptors (Lipinski definition) is 0. The van der Waals surface area contributed by atoms with Crippen LogP contribution in [-0.4, -0.2) is 61.3 Å². The molecule has 0 aromatic rings. The zero-order chi connectivity index (χ0) is 20.3. The Labute approximate surface area is 192 Å². The summed E-state index contributed by atoms with van der Waals surface area (Å²) in [6, 6.07) is 0. The molecule has 0 amide bonds. The fraction of sp³-hybridized carbons (Fsp3) is 1.00. The van der Waals surface area contributed by atoms with Gasteiger partial charge >= 0.3 is 0 Å². The van der Waals surface area contributed by atoms with Gasteiger partial charge in [0.1, 0.15) is 0 Å². The molecular formula is C24H56Cl2N2. The van der Waals surface area contributed by atoms with E-state index in [0.717, 1.165) is 0 Å². The lowest BCUT2D eigenvalue weighted by atomic mass is 10.1. The molecule has 0 bridgehead atoms. The van der Waals surface area contributed by atoms with Crippen molar-refractivity contribution in [2.75, 3.05) is 52.4 Å². The number of hydrogen-bond donors (Lipinski definition) is 0. The van der Waals surface area contributed by atoms with Crippen LogP contribution in [0.1, 0.15) is 107 Å². The van der Waals surface area contributed by atoms with Gasteiger partial charge in [-0.15, -0.1) is 0 Å². The van der Waals surface area contributed by atoms with Crippen LogP contribution in [-0.2, 0) is 0 Å². The largest absolute Gasteiger partial charge is 1.00 e. The Morgan fingerprint density at radius 3 is 0.679 bits per heavy atom. The second-order valence-corrected chi connectivity index (χ2v) is 8.26. The topological polar surface area (TPSA) is 0 Å². The van der Waals surface area contributed by atoms with Crippen LogP contribution < -0.4 is 24.8 Å². The monoisotopic (exact) mass is 442 g/mol. The van der Waals surface area contributed by atoms with Crippen LogP contribution in [0.2, 0.25) is 0 Å². The van der Waals surface area contributed by atoms with Gasteiger partial charge < -0.3 is 33.8 Å². The van der Waals surface area contributed by atoms with Crippen LogP contribution in [0.25, 0.3) is 0 Å². The van der Waals surface area contributed by atoms with Crippen molar-refractivity contribution in [2.24, 2.45) is 0 Å². The predicted octanol–water partition coefficient (Wildman–Crippen LogP) is 0.894. The van der Waals surface area contributed by atoms with Crippen molar-refractivity contribution in [3.8, 4) is 0 Å². The van der Waals surface area contributed by atoms with Gasteiger partial charge in [0.15, 0.2) is 0 Å². The summed E-state index contributed by atoms with van der Waals surface area (Å²) < 4.78 is 2.70. The predicted molar refractivity (Wildman–Crippen MR) is 122 cm³/mol. The highest BCUT2D eigenvalue weighted by atomic mass is 35.5. The highest BCUT2D eigenvalue weighted by Gasteiger charge is 2.24. The average Bonchev–Trinajstić information content (AvgIpc) is 2.69. The number of unbranched alkanes of at least 4 members (excludes halogenated alkanes) is 4.